The number of epoxide rings is 1. The van der Waals surface area contributed by atoms with Gasteiger partial charge in [-0.05, 0) is 35.7 Å². The predicted octanol–water partition coefficient (Wildman–Crippen LogP) is 4.66. The third kappa shape index (κ3) is 4.79. The summed E-state index contributed by atoms with van der Waals surface area (Å²) in [7, 11) is 0. The number of carbonyl (C=O) groups excluding carboxylic acids is 1. The van der Waals surface area contributed by atoms with Crippen LogP contribution in [0, 0.1) is 0 Å². The Kier molecular flexibility index (Phi) is 6.29. The van der Waals surface area contributed by atoms with E-state index in [2.05, 4.69) is 35.0 Å². The minimum absolute atomic E-state index is 0.0688. The zero-order valence-corrected chi connectivity index (χ0v) is 21.0. The molecule has 1 amide bonds. The number of hydrogen-bond donors (Lipinski definition) is 0. The summed E-state index contributed by atoms with van der Waals surface area (Å²) in [5.41, 5.74) is 2.98. The number of aromatic nitrogens is 2. The van der Waals surface area contributed by atoms with Gasteiger partial charge in [-0.3, -0.25) is 4.79 Å². The van der Waals surface area contributed by atoms with Crippen LogP contribution in [0.2, 0.25) is 0 Å². The lowest BCUT2D eigenvalue weighted by Crippen LogP contribution is -2.49. The fourth-order valence-corrected chi connectivity index (χ4v) is 5.44. The topological polar surface area (TPSA) is 71.1 Å². The number of amides is 1. The maximum Gasteiger partial charge on any atom is 0.319 e. The lowest BCUT2D eigenvalue weighted by atomic mass is 10.0. The van der Waals surface area contributed by atoms with E-state index >= 15 is 0 Å². The maximum absolute atomic E-state index is 13.2. The number of fused-ring (bicyclic) bond motifs is 1. The quantitative estimate of drug-likeness (QED) is 0.344. The fourth-order valence-electron chi connectivity index (χ4n) is 4.49. The van der Waals surface area contributed by atoms with Gasteiger partial charge in [0.15, 0.2) is 0 Å². The van der Waals surface area contributed by atoms with E-state index in [9.17, 15) is 4.79 Å². The molecule has 2 aliphatic heterocycles. The number of carbonyl (C=O) groups is 1. The van der Waals surface area contributed by atoms with Crippen LogP contribution >= 0.6 is 11.3 Å². The second-order valence-corrected chi connectivity index (χ2v) is 10.2. The van der Waals surface area contributed by atoms with E-state index in [1.807, 2.05) is 47.4 Å². The Morgan fingerprint density at radius 1 is 1.03 bits per heavy atom. The minimum Gasteiger partial charge on any atom is -0.461 e. The normalized spacial score (nSPS) is 17.4. The molecule has 2 aliphatic rings. The molecule has 0 aliphatic carbocycles. The highest BCUT2D eigenvalue weighted by atomic mass is 32.1. The Morgan fingerprint density at radius 3 is 2.44 bits per heavy atom. The molecule has 2 saturated heterocycles. The van der Waals surface area contributed by atoms with Gasteiger partial charge in [-0.15, -0.1) is 11.3 Å². The van der Waals surface area contributed by atoms with E-state index < -0.39 is 0 Å². The Bertz CT molecular complexity index is 1360. The second kappa shape index (κ2) is 9.87. The third-order valence-corrected chi connectivity index (χ3v) is 7.83. The number of anilines is 1. The van der Waals surface area contributed by atoms with Crippen molar-refractivity contribution in [3.63, 3.8) is 0 Å². The van der Waals surface area contributed by atoms with E-state index in [0.29, 0.717) is 38.8 Å². The van der Waals surface area contributed by atoms with Crippen LogP contribution in [0.1, 0.15) is 22.2 Å². The molecule has 8 heteroatoms. The molecule has 0 N–H and O–H groups in total. The van der Waals surface area contributed by atoms with Crippen molar-refractivity contribution in [1.29, 1.82) is 0 Å². The Labute approximate surface area is 214 Å². The molecule has 4 heterocycles. The molecule has 0 spiro atoms. The van der Waals surface area contributed by atoms with Crippen molar-refractivity contribution in [3.8, 4) is 17.1 Å². The van der Waals surface area contributed by atoms with Crippen LogP contribution in [-0.2, 0) is 11.2 Å². The van der Waals surface area contributed by atoms with Crippen molar-refractivity contribution in [2.45, 2.75) is 19.4 Å². The molecule has 36 heavy (non-hydrogen) atoms. The van der Waals surface area contributed by atoms with Crippen LogP contribution < -0.4 is 9.64 Å². The molecule has 2 aromatic carbocycles. The van der Waals surface area contributed by atoms with E-state index in [1.165, 1.54) is 4.88 Å². The summed E-state index contributed by atoms with van der Waals surface area (Å²) >= 11 is 1.69. The Balaban J connectivity index is 1.16. The summed E-state index contributed by atoms with van der Waals surface area (Å²) in [4.78, 5) is 29.0. The summed E-state index contributed by atoms with van der Waals surface area (Å²) in [6, 6.07) is 20.7. The van der Waals surface area contributed by atoms with Crippen molar-refractivity contribution in [2.75, 3.05) is 44.3 Å². The van der Waals surface area contributed by atoms with Gasteiger partial charge in [-0.25, -0.2) is 0 Å². The van der Waals surface area contributed by atoms with Gasteiger partial charge < -0.3 is 19.3 Å². The first-order chi connectivity index (χ1) is 17.7. The van der Waals surface area contributed by atoms with Gasteiger partial charge in [0.1, 0.15) is 23.4 Å². The Morgan fingerprint density at radius 2 is 1.75 bits per heavy atom. The zero-order valence-electron chi connectivity index (χ0n) is 20.2. The maximum atomic E-state index is 13.2. The van der Waals surface area contributed by atoms with Crippen LogP contribution in [0.4, 0.5) is 5.82 Å². The summed E-state index contributed by atoms with van der Waals surface area (Å²) < 4.78 is 11.1. The van der Waals surface area contributed by atoms with E-state index in [-0.39, 0.29) is 12.0 Å². The first kappa shape index (κ1) is 22.9. The minimum atomic E-state index is 0.0688. The molecule has 1 unspecified atom stereocenters. The fraction of sp³-hybridized carbons (Fsp3) is 0.321. The first-order valence-electron chi connectivity index (χ1n) is 12.4. The number of benzene rings is 2. The van der Waals surface area contributed by atoms with Crippen molar-refractivity contribution in [3.05, 3.63) is 71.1 Å². The molecular formula is C28H28N4O3S. The molecule has 184 valence electrons. The molecule has 4 aromatic rings. The number of piperazine rings is 1. The van der Waals surface area contributed by atoms with Crippen LogP contribution in [0.15, 0.2) is 60.7 Å². The molecule has 0 saturated carbocycles. The van der Waals surface area contributed by atoms with E-state index in [4.69, 9.17) is 14.5 Å². The van der Waals surface area contributed by atoms with Crippen LogP contribution in [0.5, 0.6) is 6.01 Å². The number of thiophene rings is 1. The average molecular weight is 501 g/mol. The van der Waals surface area contributed by atoms with Gasteiger partial charge in [0.05, 0.1) is 12.0 Å². The number of ether oxygens (including phenoxy) is 2. The van der Waals surface area contributed by atoms with Gasteiger partial charge in [-0.1, -0.05) is 49.4 Å². The summed E-state index contributed by atoms with van der Waals surface area (Å²) in [5, 5.41) is 1.06. The summed E-state index contributed by atoms with van der Waals surface area (Å²) in [6.45, 7) is 6.06. The molecule has 1 atom stereocenters. The highest BCUT2D eigenvalue weighted by Gasteiger charge is 2.27. The van der Waals surface area contributed by atoms with Crippen molar-refractivity contribution < 1.29 is 14.3 Å². The van der Waals surface area contributed by atoms with Gasteiger partial charge in [0.25, 0.3) is 5.91 Å². The van der Waals surface area contributed by atoms with Gasteiger partial charge in [0.2, 0.25) is 0 Å². The van der Waals surface area contributed by atoms with Gasteiger partial charge in [0, 0.05) is 36.6 Å². The lowest BCUT2D eigenvalue weighted by molar-refractivity contribution is 0.0746. The van der Waals surface area contributed by atoms with Crippen molar-refractivity contribution in [1.82, 2.24) is 14.9 Å². The molecule has 0 bridgehead atoms. The highest BCUT2D eigenvalue weighted by Crippen LogP contribution is 2.33. The van der Waals surface area contributed by atoms with Gasteiger partial charge in [-0.2, -0.15) is 9.97 Å². The van der Waals surface area contributed by atoms with Crippen LogP contribution in [0.25, 0.3) is 21.3 Å². The molecule has 2 fully saturated rings. The van der Waals surface area contributed by atoms with Gasteiger partial charge >= 0.3 is 6.01 Å². The predicted molar refractivity (Wildman–Crippen MR) is 142 cm³/mol. The molecule has 6 rings (SSSR count). The Hall–Kier alpha value is -3.49. The zero-order chi connectivity index (χ0) is 24.5. The monoisotopic (exact) mass is 500 g/mol. The SMILES string of the molecule is CCc1cc2c(N3CCN(C(=O)c4ccc(-c5ccccc5)cc4)CC3)nc(OCC3CO3)nc2s1. The average Bonchev–Trinajstić information content (AvgIpc) is 3.68. The number of hydrogen-bond acceptors (Lipinski definition) is 7. The smallest absolute Gasteiger partial charge is 0.319 e. The number of aryl methyl sites for hydroxylation is 1. The number of rotatable bonds is 7. The van der Waals surface area contributed by atoms with Crippen LogP contribution in [0.3, 0.4) is 0 Å². The van der Waals surface area contributed by atoms with Crippen molar-refractivity contribution >= 4 is 33.3 Å². The van der Waals surface area contributed by atoms with Crippen molar-refractivity contribution in [2.24, 2.45) is 0 Å². The lowest BCUT2D eigenvalue weighted by Gasteiger charge is -2.35. The van der Waals surface area contributed by atoms with E-state index in [0.717, 1.165) is 45.8 Å². The van der Waals surface area contributed by atoms with E-state index in [1.54, 1.807) is 11.3 Å². The summed E-state index contributed by atoms with van der Waals surface area (Å²) in [5.74, 6) is 0.960. The van der Waals surface area contributed by atoms with Crippen LogP contribution in [-0.4, -0.2) is 66.3 Å². The molecular weight excluding hydrogens is 472 g/mol. The summed E-state index contributed by atoms with van der Waals surface area (Å²) in [6.07, 6.45) is 1.11. The third-order valence-electron chi connectivity index (χ3n) is 6.66. The molecule has 2 aromatic heterocycles. The largest absolute Gasteiger partial charge is 0.461 e. The standard InChI is InChI=1S/C28H28N4O3S/c1-2-23-16-24-25(29-28(30-26(24)36-23)35-18-22-17-34-22)31-12-14-32(15-13-31)27(33)21-10-8-20(9-11-21)19-6-4-3-5-7-19/h3-11,16,22H,2,12-15,17-18H2,1H3. The highest BCUT2D eigenvalue weighted by molar-refractivity contribution is 7.18. The molecule has 7 nitrogen and oxygen atoms in total. The number of nitrogens with zero attached hydrogens (tertiary/aromatic N) is 4. The first-order valence-corrected chi connectivity index (χ1v) is 13.2. The second-order valence-electron chi connectivity index (χ2n) is 9.10. The molecule has 0 radical (unpaired) electrons.